The minimum absolute atomic E-state index is 0.0784. The second-order valence-corrected chi connectivity index (χ2v) is 5.77. The number of anilines is 2. The molecule has 0 saturated heterocycles. The monoisotopic (exact) mass is 350 g/mol. The summed E-state index contributed by atoms with van der Waals surface area (Å²) in [4.78, 5) is 25.9. The standard InChI is InChI=1S/C18H17F3N2O2/c1-11-4-6-12(7-5-11)16(24)17(25)22-14-10-13(18(19,20)21)8-9-15(14)23(2)3/h4-10H,1-3H3,(H,22,25). The summed E-state index contributed by atoms with van der Waals surface area (Å²) >= 11 is 0. The smallest absolute Gasteiger partial charge is 0.376 e. The summed E-state index contributed by atoms with van der Waals surface area (Å²) in [7, 11) is 3.25. The van der Waals surface area contributed by atoms with Gasteiger partial charge in [-0.3, -0.25) is 9.59 Å². The summed E-state index contributed by atoms with van der Waals surface area (Å²) in [5.41, 5.74) is 0.464. The van der Waals surface area contributed by atoms with Gasteiger partial charge in [0.05, 0.1) is 16.9 Å². The Morgan fingerprint density at radius 1 is 1.00 bits per heavy atom. The Hall–Kier alpha value is -2.83. The SMILES string of the molecule is Cc1ccc(C(=O)C(=O)Nc2cc(C(F)(F)F)ccc2N(C)C)cc1. The zero-order valence-corrected chi connectivity index (χ0v) is 13.9. The van der Waals surface area contributed by atoms with Crippen molar-refractivity contribution >= 4 is 23.1 Å². The summed E-state index contributed by atoms with van der Waals surface area (Å²) in [6.07, 6.45) is -4.55. The number of carbonyl (C=O) groups excluding carboxylic acids is 2. The van der Waals surface area contributed by atoms with Crippen LogP contribution in [0.15, 0.2) is 42.5 Å². The van der Waals surface area contributed by atoms with E-state index in [0.29, 0.717) is 5.69 Å². The fourth-order valence-corrected chi connectivity index (χ4v) is 2.22. The summed E-state index contributed by atoms with van der Waals surface area (Å²) in [6, 6.07) is 9.33. The molecule has 0 bridgehead atoms. The Labute approximate surface area is 143 Å². The number of alkyl halides is 3. The molecule has 2 rings (SSSR count). The largest absolute Gasteiger partial charge is 0.416 e. The van der Waals surface area contributed by atoms with Gasteiger partial charge in [0.25, 0.3) is 11.7 Å². The highest BCUT2D eigenvalue weighted by atomic mass is 19.4. The molecular weight excluding hydrogens is 333 g/mol. The van der Waals surface area contributed by atoms with Gasteiger partial charge in [0.2, 0.25) is 0 Å². The summed E-state index contributed by atoms with van der Waals surface area (Å²) in [5, 5.41) is 2.29. The molecule has 4 nitrogen and oxygen atoms in total. The van der Waals surface area contributed by atoms with E-state index < -0.39 is 23.4 Å². The second kappa shape index (κ2) is 6.96. The van der Waals surface area contributed by atoms with Gasteiger partial charge < -0.3 is 10.2 Å². The van der Waals surface area contributed by atoms with Crippen molar-refractivity contribution in [3.8, 4) is 0 Å². The fourth-order valence-electron chi connectivity index (χ4n) is 2.22. The Balaban J connectivity index is 2.32. The van der Waals surface area contributed by atoms with Crippen molar-refractivity contribution in [2.45, 2.75) is 13.1 Å². The highest BCUT2D eigenvalue weighted by Gasteiger charge is 2.31. The van der Waals surface area contributed by atoms with Crippen LogP contribution in [0.1, 0.15) is 21.5 Å². The lowest BCUT2D eigenvalue weighted by Crippen LogP contribution is -2.24. The topological polar surface area (TPSA) is 49.4 Å². The minimum atomic E-state index is -4.55. The molecule has 0 aliphatic rings. The molecule has 1 amide bonds. The number of hydrogen-bond acceptors (Lipinski definition) is 3. The van der Waals surface area contributed by atoms with Crippen LogP contribution < -0.4 is 10.2 Å². The third kappa shape index (κ3) is 4.37. The molecule has 0 aromatic heterocycles. The quantitative estimate of drug-likeness (QED) is 0.672. The lowest BCUT2D eigenvalue weighted by Gasteiger charge is -2.19. The maximum Gasteiger partial charge on any atom is 0.416 e. The molecule has 2 aromatic rings. The van der Waals surface area contributed by atoms with Crippen LogP contribution in [-0.4, -0.2) is 25.8 Å². The molecule has 0 aliphatic heterocycles. The van der Waals surface area contributed by atoms with E-state index in [1.165, 1.54) is 18.2 Å². The number of benzene rings is 2. The molecule has 0 heterocycles. The van der Waals surface area contributed by atoms with Gasteiger partial charge in [-0.25, -0.2) is 0 Å². The van der Waals surface area contributed by atoms with Crippen molar-refractivity contribution in [1.82, 2.24) is 0 Å². The number of ketones is 1. The summed E-state index contributed by atoms with van der Waals surface area (Å²) in [5.74, 6) is -1.81. The lowest BCUT2D eigenvalue weighted by atomic mass is 10.1. The predicted octanol–water partition coefficient (Wildman–Crippen LogP) is 3.90. The first-order chi connectivity index (χ1) is 11.6. The molecule has 132 valence electrons. The molecule has 0 saturated carbocycles. The highest BCUT2D eigenvalue weighted by molar-refractivity contribution is 6.46. The number of aryl methyl sites for hydroxylation is 1. The molecule has 0 fully saturated rings. The van der Waals surface area contributed by atoms with Crippen LogP contribution in [0.25, 0.3) is 0 Å². The number of amides is 1. The number of Topliss-reactive ketones (excluding diaryl/α,β-unsaturated/α-hetero) is 1. The third-order valence-corrected chi connectivity index (χ3v) is 3.57. The lowest BCUT2D eigenvalue weighted by molar-refractivity contribution is -0.137. The van der Waals surface area contributed by atoms with E-state index in [-0.39, 0.29) is 11.3 Å². The van der Waals surface area contributed by atoms with Gasteiger partial charge in [0, 0.05) is 19.7 Å². The Morgan fingerprint density at radius 3 is 2.12 bits per heavy atom. The molecule has 2 aromatic carbocycles. The van der Waals surface area contributed by atoms with Gasteiger partial charge in [-0.05, 0) is 25.1 Å². The van der Waals surface area contributed by atoms with E-state index in [1.54, 1.807) is 31.1 Å². The molecule has 0 radical (unpaired) electrons. The zero-order chi connectivity index (χ0) is 18.8. The van der Waals surface area contributed by atoms with Crippen LogP contribution in [0.3, 0.4) is 0 Å². The number of halogens is 3. The molecule has 1 N–H and O–H groups in total. The highest BCUT2D eigenvalue weighted by Crippen LogP contribution is 2.34. The van der Waals surface area contributed by atoms with Gasteiger partial charge in [0.15, 0.2) is 0 Å². The van der Waals surface area contributed by atoms with Gasteiger partial charge in [-0.1, -0.05) is 29.8 Å². The summed E-state index contributed by atoms with van der Waals surface area (Å²) in [6.45, 7) is 1.83. The van der Waals surface area contributed by atoms with Crippen LogP contribution in [0.4, 0.5) is 24.5 Å². The van der Waals surface area contributed by atoms with Crippen LogP contribution in [-0.2, 0) is 11.0 Å². The number of nitrogens with one attached hydrogen (secondary N) is 1. The predicted molar refractivity (Wildman–Crippen MR) is 89.9 cm³/mol. The van der Waals surface area contributed by atoms with Gasteiger partial charge >= 0.3 is 6.18 Å². The molecule has 25 heavy (non-hydrogen) atoms. The minimum Gasteiger partial charge on any atom is -0.376 e. The molecule has 7 heteroatoms. The maximum absolute atomic E-state index is 12.9. The van der Waals surface area contributed by atoms with Crippen molar-refractivity contribution < 1.29 is 22.8 Å². The van der Waals surface area contributed by atoms with Crippen LogP contribution in [0.5, 0.6) is 0 Å². The van der Waals surface area contributed by atoms with E-state index in [1.807, 2.05) is 6.92 Å². The first kappa shape index (κ1) is 18.5. The Morgan fingerprint density at radius 2 is 1.60 bits per heavy atom. The molecule has 0 atom stereocenters. The number of rotatable bonds is 4. The van der Waals surface area contributed by atoms with Crippen molar-refractivity contribution in [2.24, 2.45) is 0 Å². The van der Waals surface area contributed by atoms with E-state index >= 15 is 0 Å². The molecule has 0 spiro atoms. The van der Waals surface area contributed by atoms with Crippen LogP contribution in [0.2, 0.25) is 0 Å². The molecule has 0 unspecified atom stereocenters. The average molecular weight is 350 g/mol. The second-order valence-electron chi connectivity index (χ2n) is 5.77. The van der Waals surface area contributed by atoms with Crippen molar-refractivity contribution in [3.05, 3.63) is 59.2 Å². The van der Waals surface area contributed by atoms with E-state index in [0.717, 1.165) is 17.7 Å². The van der Waals surface area contributed by atoms with Crippen LogP contribution >= 0.6 is 0 Å². The number of hydrogen-bond donors (Lipinski definition) is 1. The summed E-state index contributed by atoms with van der Waals surface area (Å²) < 4.78 is 38.7. The molecular formula is C18H17F3N2O2. The van der Waals surface area contributed by atoms with Crippen LogP contribution in [0, 0.1) is 6.92 Å². The van der Waals surface area contributed by atoms with Gasteiger partial charge in [-0.15, -0.1) is 0 Å². The first-order valence-corrected chi connectivity index (χ1v) is 7.40. The normalized spacial score (nSPS) is 11.1. The Kier molecular flexibility index (Phi) is 5.15. The van der Waals surface area contributed by atoms with Crippen molar-refractivity contribution in [1.29, 1.82) is 0 Å². The zero-order valence-electron chi connectivity index (χ0n) is 13.9. The van der Waals surface area contributed by atoms with Gasteiger partial charge in [0.1, 0.15) is 0 Å². The van der Waals surface area contributed by atoms with E-state index in [9.17, 15) is 22.8 Å². The first-order valence-electron chi connectivity index (χ1n) is 7.40. The van der Waals surface area contributed by atoms with Crippen molar-refractivity contribution in [2.75, 3.05) is 24.3 Å². The van der Waals surface area contributed by atoms with Gasteiger partial charge in [-0.2, -0.15) is 13.2 Å². The van der Waals surface area contributed by atoms with E-state index in [4.69, 9.17) is 0 Å². The number of nitrogens with zero attached hydrogens (tertiary/aromatic N) is 1. The maximum atomic E-state index is 12.9. The Bertz CT molecular complexity index is 797. The number of carbonyl (C=O) groups is 2. The molecule has 0 aliphatic carbocycles. The third-order valence-electron chi connectivity index (χ3n) is 3.57. The fraction of sp³-hybridized carbons (Fsp3) is 0.222. The van der Waals surface area contributed by atoms with Crippen molar-refractivity contribution in [3.63, 3.8) is 0 Å². The average Bonchev–Trinajstić information content (AvgIpc) is 2.53. The van der Waals surface area contributed by atoms with E-state index in [2.05, 4.69) is 5.32 Å².